The van der Waals surface area contributed by atoms with Gasteiger partial charge in [0.25, 0.3) is 0 Å². The van der Waals surface area contributed by atoms with E-state index in [1.165, 1.54) is 0 Å². The third-order valence-electron chi connectivity index (χ3n) is 4.10. The number of benzene rings is 2. The number of hydrogen-bond acceptors (Lipinski definition) is 6. The maximum absolute atomic E-state index is 11.9. The monoisotopic (exact) mass is 377 g/mol. The molecule has 3 rings (SSSR count). The molecule has 0 atom stereocenters. The van der Waals surface area contributed by atoms with Gasteiger partial charge in [-0.25, -0.2) is 9.78 Å². The second-order valence-electron chi connectivity index (χ2n) is 5.95. The van der Waals surface area contributed by atoms with E-state index < -0.39 is 12.6 Å². The first kappa shape index (κ1) is 19.0. The van der Waals surface area contributed by atoms with Gasteiger partial charge in [0.1, 0.15) is 24.0 Å². The molecule has 0 aliphatic heterocycles. The SMILES string of the molecule is CCc1ccccc1OCC(=O)OCC(O)=C(C#N)c1nc2ccccc2[nH]1. The topological polar surface area (TPSA) is 108 Å². The number of carbonyl (C=O) groups excluding carboxylic acids is 1. The third kappa shape index (κ3) is 4.30. The van der Waals surface area contributed by atoms with E-state index in [1.807, 2.05) is 49.4 Å². The van der Waals surface area contributed by atoms with Crippen LogP contribution in [0.4, 0.5) is 0 Å². The van der Waals surface area contributed by atoms with Crippen molar-refractivity contribution in [1.82, 2.24) is 9.97 Å². The van der Waals surface area contributed by atoms with Gasteiger partial charge in [0.05, 0.1) is 11.0 Å². The summed E-state index contributed by atoms with van der Waals surface area (Å²) in [6, 6.07) is 16.5. The van der Waals surface area contributed by atoms with E-state index in [4.69, 9.17) is 9.47 Å². The molecule has 2 aromatic carbocycles. The van der Waals surface area contributed by atoms with Crippen molar-refractivity contribution >= 4 is 22.6 Å². The molecule has 0 spiro atoms. The van der Waals surface area contributed by atoms with E-state index in [-0.39, 0.29) is 23.8 Å². The Labute approximate surface area is 161 Å². The van der Waals surface area contributed by atoms with Crippen molar-refractivity contribution in [3.05, 3.63) is 65.7 Å². The molecule has 142 valence electrons. The molecule has 7 heteroatoms. The second kappa shape index (κ2) is 8.73. The fourth-order valence-electron chi connectivity index (χ4n) is 2.66. The molecular formula is C21H19N3O4. The lowest BCUT2D eigenvalue weighted by atomic mass is 10.1. The number of hydrogen-bond donors (Lipinski definition) is 2. The van der Waals surface area contributed by atoms with Crippen molar-refractivity contribution < 1.29 is 19.4 Å². The minimum Gasteiger partial charge on any atom is -0.507 e. The summed E-state index contributed by atoms with van der Waals surface area (Å²) in [6.07, 6.45) is 0.776. The summed E-state index contributed by atoms with van der Waals surface area (Å²) in [6.45, 7) is 1.25. The number of allylic oxidation sites excluding steroid dienone is 1. The zero-order chi connectivity index (χ0) is 19.9. The molecule has 1 aromatic heterocycles. The van der Waals surface area contributed by atoms with E-state index in [0.717, 1.165) is 17.5 Å². The van der Waals surface area contributed by atoms with Crippen molar-refractivity contribution in [2.75, 3.05) is 13.2 Å². The number of aromatic nitrogens is 2. The van der Waals surface area contributed by atoms with Crippen LogP contribution < -0.4 is 4.74 Å². The van der Waals surface area contributed by atoms with E-state index in [0.29, 0.717) is 11.3 Å². The van der Waals surface area contributed by atoms with Gasteiger partial charge in [-0.15, -0.1) is 0 Å². The largest absolute Gasteiger partial charge is 0.507 e. The molecular weight excluding hydrogens is 358 g/mol. The van der Waals surface area contributed by atoms with Gasteiger partial charge in [-0.2, -0.15) is 5.26 Å². The average molecular weight is 377 g/mol. The van der Waals surface area contributed by atoms with Gasteiger partial charge >= 0.3 is 5.97 Å². The highest BCUT2D eigenvalue weighted by molar-refractivity contribution is 5.83. The summed E-state index contributed by atoms with van der Waals surface area (Å²) in [7, 11) is 0. The summed E-state index contributed by atoms with van der Waals surface area (Å²) < 4.78 is 10.5. The van der Waals surface area contributed by atoms with Crippen molar-refractivity contribution in [3.8, 4) is 11.8 Å². The third-order valence-corrected chi connectivity index (χ3v) is 4.10. The molecule has 0 saturated carbocycles. The van der Waals surface area contributed by atoms with Crippen LogP contribution in [0, 0.1) is 11.3 Å². The number of para-hydroxylation sites is 3. The first-order valence-corrected chi connectivity index (χ1v) is 8.76. The quantitative estimate of drug-likeness (QED) is 0.370. The predicted octanol–water partition coefficient (Wildman–Crippen LogP) is 3.54. The lowest BCUT2D eigenvalue weighted by Crippen LogP contribution is -2.17. The Hall–Kier alpha value is -3.79. The number of nitrogens with zero attached hydrogens (tertiary/aromatic N) is 2. The molecule has 7 nitrogen and oxygen atoms in total. The number of nitrogens with one attached hydrogen (secondary N) is 1. The van der Waals surface area contributed by atoms with Gasteiger partial charge in [0.15, 0.2) is 18.2 Å². The van der Waals surface area contributed by atoms with Gasteiger partial charge in [-0.1, -0.05) is 37.3 Å². The summed E-state index contributed by atoms with van der Waals surface area (Å²) in [4.78, 5) is 19.1. The molecule has 0 aliphatic carbocycles. The van der Waals surface area contributed by atoms with Crippen molar-refractivity contribution in [2.24, 2.45) is 0 Å². The normalized spacial score (nSPS) is 11.6. The summed E-state index contributed by atoms with van der Waals surface area (Å²) in [5.41, 5.74) is 2.30. The number of aliphatic hydroxyl groups is 1. The number of aromatic amines is 1. The summed E-state index contributed by atoms with van der Waals surface area (Å²) >= 11 is 0. The Balaban J connectivity index is 1.63. The number of H-pyrrole nitrogens is 1. The van der Waals surface area contributed by atoms with E-state index in [1.54, 1.807) is 12.1 Å². The Kier molecular flexibility index (Phi) is 5.92. The molecule has 0 bridgehead atoms. The fraction of sp³-hybridized carbons (Fsp3) is 0.190. The summed E-state index contributed by atoms with van der Waals surface area (Å²) in [5, 5.41) is 19.5. The molecule has 0 unspecified atom stereocenters. The van der Waals surface area contributed by atoms with Crippen LogP contribution in [0.1, 0.15) is 18.3 Å². The molecule has 0 aliphatic rings. The smallest absolute Gasteiger partial charge is 0.344 e. The molecule has 1 heterocycles. The van der Waals surface area contributed by atoms with Crippen molar-refractivity contribution in [2.45, 2.75) is 13.3 Å². The van der Waals surface area contributed by atoms with Crippen LogP contribution in [0.2, 0.25) is 0 Å². The highest BCUT2D eigenvalue weighted by Gasteiger charge is 2.15. The number of aliphatic hydroxyl groups excluding tert-OH is 1. The molecule has 0 amide bonds. The van der Waals surface area contributed by atoms with E-state index >= 15 is 0 Å². The number of carbonyl (C=O) groups is 1. The highest BCUT2D eigenvalue weighted by Crippen LogP contribution is 2.20. The van der Waals surface area contributed by atoms with Crippen LogP contribution in [0.3, 0.4) is 0 Å². The van der Waals surface area contributed by atoms with E-state index in [2.05, 4.69) is 9.97 Å². The number of rotatable bonds is 7. The van der Waals surface area contributed by atoms with Crippen LogP contribution in [0.5, 0.6) is 5.75 Å². The standard InChI is InChI=1S/C21H19N3O4/c1-2-14-7-3-6-10-19(14)27-13-20(26)28-12-18(25)15(11-22)21-23-16-8-4-5-9-17(16)24-21/h3-10,25H,2,12-13H2,1H3,(H,23,24). The van der Waals surface area contributed by atoms with Crippen LogP contribution in [0.25, 0.3) is 16.6 Å². The van der Waals surface area contributed by atoms with E-state index in [9.17, 15) is 15.2 Å². The molecule has 0 fully saturated rings. The van der Waals surface area contributed by atoms with Crippen molar-refractivity contribution in [1.29, 1.82) is 5.26 Å². The lowest BCUT2D eigenvalue weighted by molar-refractivity contribution is -0.145. The minimum atomic E-state index is -0.653. The summed E-state index contributed by atoms with van der Waals surface area (Å²) in [5.74, 6) is -0.213. The minimum absolute atomic E-state index is 0.0822. The first-order valence-electron chi connectivity index (χ1n) is 8.76. The van der Waals surface area contributed by atoms with Gasteiger partial charge in [-0.3, -0.25) is 0 Å². The highest BCUT2D eigenvalue weighted by atomic mass is 16.6. The maximum Gasteiger partial charge on any atom is 0.344 e. The zero-order valence-electron chi connectivity index (χ0n) is 15.3. The molecule has 3 aromatic rings. The number of aryl methyl sites for hydroxylation is 1. The average Bonchev–Trinajstić information content (AvgIpc) is 3.15. The van der Waals surface area contributed by atoms with Crippen LogP contribution in [-0.4, -0.2) is 34.3 Å². The number of imidazole rings is 1. The van der Waals surface area contributed by atoms with Crippen LogP contribution >= 0.6 is 0 Å². The Morgan fingerprint density at radius 1 is 1.18 bits per heavy atom. The number of fused-ring (bicyclic) bond motifs is 1. The van der Waals surface area contributed by atoms with Gasteiger partial charge in [-0.05, 0) is 30.2 Å². The Morgan fingerprint density at radius 2 is 1.93 bits per heavy atom. The van der Waals surface area contributed by atoms with Gasteiger partial charge in [0, 0.05) is 0 Å². The van der Waals surface area contributed by atoms with Crippen molar-refractivity contribution in [3.63, 3.8) is 0 Å². The van der Waals surface area contributed by atoms with Crippen LogP contribution in [0.15, 0.2) is 54.3 Å². The second-order valence-corrected chi connectivity index (χ2v) is 5.95. The molecule has 28 heavy (non-hydrogen) atoms. The number of esters is 1. The molecule has 0 radical (unpaired) electrons. The van der Waals surface area contributed by atoms with Crippen LogP contribution in [-0.2, 0) is 16.0 Å². The molecule has 2 N–H and O–H groups in total. The van der Waals surface area contributed by atoms with Gasteiger partial charge < -0.3 is 19.6 Å². The molecule has 0 saturated heterocycles. The Bertz CT molecular complexity index is 1030. The lowest BCUT2D eigenvalue weighted by Gasteiger charge is -2.10. The number of ether oxygens (including phenoxy) is 2. The maximum atomic E-state index is 11.9. The predicted molar refractivity (Wildman–Crippen MR) is 104 cm³/mol. The number of nitriles is 1. The first-order chi connectivity index (χ1) is 13.6. The Morgan fingerprint density at radius 3 is 2.68 bits per heavy atom. The van der Waals surface area contributed by atoms with Gasteiger partial charge in [0.2, 0.25) is 0 Å². The zero-order valence-corrected chi connectivity index (χ0v) is 15.3. The fourth-order valence-corrected chi connectivity index (χ4v) is 2.66.